The van der Waals surface area contributed by atoms with E-state index in [1.807, 2.05) is 0 Å². The second-order valence-corrected chi connectivity index (χ2v) is 5.92. The summed E-state index contributed by atoms with van der Waals surface area (Å²) in [6.07, 6.45) is 11.7. The van der Waals surface area contributed by atoms with Crippen molar-refractivity contribution < 1.29 is 0 Å². The quantitative estimate of drug-likeness (QED) is 0.492. The monoisotopic (exact) mass is 177 g/mol. The van der Waals surface area contributed by atoms with E-state index in [9.17, 15) is 0 Å². The van der Waals surface area contributed by atoms with E-state index < -0.39 is 14.7 Å². The van der Waals surface area contributed by atoms with E-state index in [4.69, 9.17) is 0 Å². The first kappa shape index (κ1) is 5.31. The van der Waals surface area contributed by atoms with E-state index in [2.05, 4.69) is 40.1 Å². The molecular formula is C8H6As. The third-order valence-corrected chi connectivity index (χ3v) is 5.13. The summed E-state index contributed by atoms with van der Waals surface area (Å²) >= 11 is -0.793. The van der Waals surface area contributed by atoms with E-state index in [1.165, 1.54) is 4.36 Å². The Balaban J connectivity index is 2.40. The molecule has 0 amide bonds. The van der Waals surface area contributed by atoms with Crippen LogP contribution in [0.2, 0.25) is 0 Å². The molecule has 0 aromatic rings. The van der Waals surface area contributed by atoms with Gasteiger partial charge in [0.1, 0.15) is 0 Å². The molecule has 1 radical (unpaired) electrons. The third kappa shape index (κ3) is 0.839. The van der Waals surface area contributed by atoms with Crippen molar-refractivity contribution in [1.29, 1.82) is 0 Å². The van der Waals surface area contributed by atoms with Crippen molar-refractivity contribution in [2.75, 3.05) is 0 Å². The van der Waals surface area contributed by atoms with E-state index in [0.717, 1.165) is 0 Å². The fraction of sp³-hybridized carbons (Fsp3) is 0. The molecule has 2 aliphatic heterocycles. The van der Waals surface area contributed by atoms with Crippen LogP contribution in [-0.4, -0.2) is 14.7 Å². The van der Waals surface area contributed by atoms with Gasteiger partial charge in [-0.2, -0.15) is 0 Å². The molecular weight excluding hydrogens is 171 g/mol. The molecule has 0 aromatic heterocycles. The van der Waals surface area contributed by atoms with Gasteiger partial charge in [0.25, 0.3) is 0 Å². The predicted octanol–water partition coefficient (Wildman–Crippen LogP) is 1.52. The maximum atomic E-state index is 3.22. The maximum absolute atomic E-state index is 3.22. The summed E-state index contributed by atoms with van der Waals surface area (Å²) in [4.78, 5) is 4.61. The van der Waals surface area contributed by atoms with Crippen LogP contribution in [0.4, 0.5) is 0 Å². The summed E-state index contributed by atoms with van der Waals surface area (Å²) in [6.45, 7) is 0. The van der Waals surface area contributed by atoms with E-state index in [0.29, 0.717) is 0 Å². The molecule has 0 aliphatic carbocycles. The standard InChI is InChI=1S/C8H6As/c1-2-6-9-7-3-5-8(9)4-1/h1-4,6-7H. The molecule has 0 saturated carbocycles. The zero-order chi connectivity index (χ0) is 6.10. The van der Waals surface area contributed by atoms with Gasteiger partial charge in [0, 0.05) is 0 Å². The summed E-state index contributed by atoms with van der Waals surface area (Å²) < 4.78 is 1.44. The summed E-state index contributed by atoms with van der Waals surface area (Å²) in [5.74, 6) is 0. The van der Waals surface area contributed by atoms with E-state index in [-0.39, 0.29) is 0 Å². The van der Waals surface area contributed by atoms with E-state index >= 15 is 0 Å². The molecule has 1 atom stereocenters. The van der Waals surface area contributed by atoms with Crippen LogP contribution in [0.25, 0.3) is 0 Å². The second-order valence-electron chi connectivity index (χ2n) is 1.95. The zero-order valence-electron chi connectivity index (χ0n) is 4.91. The molecule has 1 unspecified atom stereocenters. The number of hydrogen-bond acceptors (Lipinski definition) is 0. The van der Waals surface area contributed by atoms with Crippen molar-refractivity contribution in [2.45, 2.75) is 0 Å². The van der Waals surface area contributed by atoms with Gasteiger partial charge in [0.05, 0.1) is 0 Å². The summed E-state index contributed by atoms with van der Waals surface area (Å²) in [7, 11) is 0. The Hall–Kier alpha value is -0.482. The van der Waals surface area contributed by atoms with Crippen molar-refractivity contribution in [1.82, 2.24) is 0 Å². The third-order valence-electron chi connectivity index (χ3n) is 1.36. The SMILES string of the molecule is [C]1=C2C=CC=C[As]2C=C1. The molecule has 0 bridgehead atoms. The average Bonchev–Trinajstić information content (AvgIpc) is 2.33. The van der Waals surface area contributed by atoms with Gasteiger partial charge in [-0.3, -0.25) is 0 Å². The first-order valence-electron chi connectivity index (χ1n) is 2.90. The van der Waals surface area contributed by atoms with Gasteiger partial charge in [-0.05, 0) is 0 Å². The van der Waals surface area contributed by atoms with Gasteiger partial charge in [0.15, 0.2) is 0 Å². The van der Waals surface area contributed by atoms with Crippen LogP contribution in [0.5, 0.6) is 0 Å². The van der Waals surface area contributed by atoms with E-state index in [1.54, 1.807) is 0 Å². The number of allylic oxidation sites excluding steroid dienone is 6. The van der Waals surface area contributed by atoms with Gasteiger partial charge in [-0.1, -0.05) is 0 Å². The molecule has 0 saturated heterocycles. The molecule has 2 heterocycles. The normalized spacial score (nSPS) is 28.4. The minimum absolute atomic E-state index is 0.793. The molecule has 9 heavy (non-hydrogen) atoms. The van der Waals surface area contributed by atoms with Crippen LogP contribution in [0.1, 0.15) is 0 Å². The molecule has 0 aromatic carbocycles. The molecule has 0 spiro atoms. The molecule has 1 heteroatoms. The first-order valence-corrected chi connectivity index (χ1v) is 6.01. The van der Waals surface area contributed by atoms with Crippen LogP contribution in [0.3, 0.4) is 0 Å². The van der Waals surface area contributed by atoms with Crippen molar-refractivity contribution >= 4 is 14.7 Å². The Morgan fingerprint density at radius 2 is 2.22 bits per heavy atom. The van der Waals surface area contributed by atoms with Gasteiger partial charge >= 0.3 is 59.1 Å². The van der Waals surface area contributed by atoms with Gasteiger partial charge in [-0.15, -0.1) is 0 Å². The summed E-state index contributed by atoms with van der Waals surface area (Å²) in [5, 5.41) is 0. The summed E-state index contributed by atoms with van der Waals surface area (Å²) in [5.41, 5.74) is 0. The Morgan fingerprint density at radius 3 is 3.11 bits per heavy atom. The van der Waals surface area contributed by atoms with Crippen molar-refractivity contribution in [3.05, 3.63) is 44.5 Å². The molecule has 43 valence electrons. The van der Waals surface area contributed by atoms with Gasteiger partial charge < -0.3 is 0 Å². The van der Waals surface area contributed by atoms with Crippen LogP contribution < -0.4 is 0 Å². The fourth-order valence-corrected chi connectivity index (χ4v) is 3.90. The van der Waals surface area contributed by atoms with Crippen LogP contribution in [0.15, 0.2) is 38.4 Å². The Labute approximate surface area is 59.5 Å². The zero-order valence-corrected chi connectivity index (χ0v) is 6.79. The van der Waals surface area contributed by atoms with Crippen molar-refractivity contribution in [3.63, 3.8) is 0 Å². The molecule has 2 rings (SSSR count). The molecule has 0 fully saturated rings. The fourth-order valence-electron chi connectivity index (χ4n) is 0.911. The topological polar surface area (TPSA) is 0 Å². The molecule has 0 nitrogen and oxygen atoms in total. The Bertz CT molecular complexity index is 231. The number of rotatable bonds is 0. The van der Waals surface area contributed by atoms with Crippen molar-refractivity contribution in [2.24, 2.45) is 0 Å². The second kappa shape index (κ2) is 2.04. The van der Waals surface area contributed by atoms with Gasteiger partial charge in [0.2, 0.25) is 0 Å². The first-order chi connectivity index (χ1) is 4.47. The summed E-state index contributed by atoms with van der Waals surface area (Å²) in [6, 6.07) is 0. The van der Waals surface area contributed by atoms with Crippen LogP contribution in [0, 0.1) is 6.08 Å². The van der Waals surface area contributed by atoms with Crippen LogP contribution in [-0.2, 0) is 0 Å². The average molecular weight is 177 g/mol. The number of fused-ring (bicyclic) bond motifs is 1. The minimum atomic E-state index is -0.793. The van der Waals surface area contributed by atoms with Gasteiger partial charge in [-0.25, -0.2) is 0 Å². The number of hydrogen-bond donors (Lipinski definition) is 0. The van der Waals surface area contributed by atoms with Crippen LogP contribution >= 0.6 is 0 Å². The Morgan fingerprint density at radius 1 is 1.22 bits per heavy atom. The predicted molar refractivity (Wildman–Crippen MR) is 39.9 cm³/mol. The molecule has 2 aliphatic rings. The Kier molecular flexibility index (Phi) is 1.20. The molecule has 0 N–H and O–H groups in total. The van der Waals surface area contributed by atoms with Crippen molar-refractivity contribution in [3.8, 4) is 0 Å².